The monoisotopic (exact) mass is 212 g/mol. The molecule has 0 aliphatic heterocycles. The molecule has 0 aromatic carbocycles. The molecule has 90 valence electrons. The third-order valence-electron chi connectivity index (χ3n) is 3.84. The SMILES string of the molecule is CCC(C)CNCCC1(N)CCCCC1. The quantitative estimate of drug-likeness (QED) is 0.664. The predicted octanol–water partition coefficient (Wildman–Crippen LogP) is 2.67. The van der Waals surface area contributed by atoms with Gasteiger partial charge in [-0.05, 0) is 38.3 Å². The number of nitrogens with two attached hydrogens (primary N) is 1. The van der Waals surface area contributed by atoms with Gasteiger partial charge < -0.3 is 11.1 Å². The summed E-state index contributed by atoms with van der Waals surface area (Å²) in [7, 11) is 0. The Morgan fingerprint density at radius 3 is 2.53 bits per heavy atom. The highest BCUT2D eigenvalue weighted by Crippen LogP contribution is 2.28. The number of hydrogen-bond donors (Lipinski definition) is 2. The molecule has 0 heterocycles. The lowest BCUT2D eigenvalue weighted by atomic mass is 9.80. The van der Waals surface area contributed by atoms with Crippen molar-refractivity contribution < 1.29 is 0 Å². The summed E-state index contributed by atoms with van der Waals surface area (Å²) >= 11 is 0. The Bertz CT molecular complexity index is 162. The van der Waals surface area contributed by atoms with E-state index in [0.29, 0.717) is 0 Å². The smallest absolute Gasteiger partial charge is 0.0166 e. The van der Waals surface area contributed by atoms with Crippen LogP contribution in [0.3, 0.4) is 0 Å². The van der Waals surface area contributed by atoms with Gasteiger partial charge in [0.1, 0.15) is 0 Å². The van der Waals surface area contributed by atoms with E-state index in [4.69, 9.17) is 5.73 Å². The van der Waals surface area contributed by atoms with Gasteiger partial charge in [0.2, 0.25) is 0 Å². The molecular formula is C13H28N2. The molecule has 0 saturated heterocycles. The second-order valence-electron chi connectivity index (χ2n) is 5.39. The van der Waals surface area contributed by atoms with Crippen LogP contribution >= 0.6 is 0 Å². The molecule has 15 heavy (non-hydrogen) atoms. The van der Waals surface area contributed by atoms with E-state index < -0.39 is 0 Å². The Hall–Kier alpha value is -0.0800. The Balaban J connectivity index is 2.08. The molecule has 2 heteroatoms. The molecular weight excluding hydrogens is 184 g/mol. The fourth-order valence-electron chi connectivity index (χ4n) is 2.34. The van der Waals surface area contributed by atoms with Gasteiger partial charge >= 0.3 is 0 Å². The van der Waals surface area contributed by atoms with Crippen LogP contribution in [-0.4, -0.2) is 18.6 Å². The lowest BCUT2D eigenvalue weighted by Gasteiger charge is -2.33. The van der Waals surface area contributed by atoms with Gasteiger partial charge in [0.25, 0.3) is 0 Å². The molecule has 3 N–H and O–H groups in total. The molecule has 1 unspecified atom stereocenters. The van der Waals surface area contributed by atoms with E-state index in [-0.39, 0.29) is 5.54 Å². The largest absolute Gasteiger partial charge is 0.325 e. The number of hydrogen-bond acceptors (Lipinski definition) is 2. The van der Waals surface area contributed by atoms with Crippen molar-refractivity contribution in [1.82, 2.24) is 5.32 Å². The van der Waals surface area contributed by atoms with Crippen LogP contribution < -0.4 is 11.1 Å². The molecule has 0 bridgehead atoms. The predicted molar refractivity (Wildman–Crippen MR) is 66.9 cm³/mol. The van der Waals surface area contributed by atoms with Crippen LogP contribution in [0.1, 0.15) is 58.8 Å². The zero-order valence-corrected chi connectivity index (χ0v) is 10.5. The first-order valence-electron chi connectivity index (χ1n) is 6.66. The van der Waals surface area contributed by atoms with Gasteiger partial charge in [-0.1, -0.05) is 39.5 Å². The summed E-state index contributed by atoms with van der Waals surface area (Å²) in [5, 5.41) is 3.53. The highest BCUT2D eigenvalue weighted by atomic mass is 14.9. The standard InChI is InChI=1S/C13H28N2/c1-3-12(2)11-15-10-9-13(14)7-5-4-6-8-13/h12,15H,3-11,14H2,1-2H3. The van der Waals surface area contributed by atoms with Gasteiger partial charge in [0.05, 0.1) is 0 Å². The molecule has 1 aliphatic rings. The average Bonchev–Trinajstić information content (AvgIpc) is 2.25. The summed E-state index contributed by atoms with van der Waals surface area (Å²) in [6.07, 6.45) is 8.95. The highest BCUT2D eigenvalue weighted by molar-refractivity contribution is 4.87. The average molecular weight is 212 g/mol. The van der Waals surface area contributed by atoms with Crippen LogP contribution in [-0.2, 0) is 0 Å². The van der Waals surface area contributed by atoms with Crippen molar-refractivity contribution in [3.8, 4) is 0 Å². The van der Waals surface area contributed by atoms with Crippen molar-refractivity contribution in [2.75, 3.05) is 13.1 Å². The third-order valence-corrected chi connectivity index (χ3v) is 3.84. The molecule has 0 radical (unpaired) electrons. The lowest BCUT2D eigenvalue weighted by Crippen LogP contribution is -2.44. The Morgan fingerprint density at radius 1 is 1.27 bits per heavy atom. The molecule has 2 nitrogen and oxygen atoms in total. The molecule has 1 aliphatic carbocycles. The Morgan fingerprint density at radius 2 is 1.93 bits per heavy atom. The molecule has 0 amide bonds. The van der Waals surface area contributed by atoms with E-state index in [2.05, 4.69) is 19.2 Å². The molecule has 1 fully saturated rings. The van der Waals surface area contributed by atoms with Gasteiger partial charge in [-0.25, -0.2) is 0 Å². The lowest BCUT2D eigenvalue weighted by molar-refractivity contribution is 0.273. The number of nitrogens with one attached hydrogen (secondary N) is 1. The minimum absolute atomic E-state index is 0.153. The van der Waals surface area contributed by atoms with Crippen LogP contribution in [0.25, 0.3) is 0 Å². The third kappa shape index (κ3) is 4.98. The maximum atomic E-state index is 6.37. The topological polar surface area (TPSA) is 38.0 Å². The first kappa shape index (κ1) is 13.0. The maximum Gasteiger partial charge on any atom is 0.0166 e. The molecule has 0 spiro atoms. The summed E-state index contributed by atoms with van der Waals surface area (Å²) < 4.78 is 0. The van der Waals surface area contributed by atoms with Crippen LogP contribution in [0, 0.1) is 5.92 Å². The van der Waals surface area contributed by atoms with Crippen LogP contribution in [0.15, 0.2) is 0 Å². The van der Waals surface area contributed by atoms with Crippen LogP contribution in [0.2, 0.25) is 0 Å². The zero-order valence-electron chi connectivity index (χ0n) is 10.5. The van der Waals surface area contributed by atoms with E-state index >= 15 is 0 Å². The molecule has 0 aromatic rings. The second kappa shape index (κ2) is 6.49. The van der Waals surface area contributed by atoms with Crippen molar-refractivity contribution >= 4 is 0 Å². The van der Waals surface area contributed by atoms with Gasteiger partial charge in [0.15, 0.2) is 0 Å². The first-order valence-corrected chi connectivity index (χ1v) is 6.66. The molecule has 0 aromatic heterocycles. The zero-order chi connectivity index (χ0) is 11.1. The van der Waals surface area contributed by atoms with Gasteiger partial charge in [0, 0.05) is 5.54 Å². The Kier molecular flexibility index (Phi) is 5.62. The molecule has 1 rings (SSSR count). The summed E-state index contributed by atoms with van der Waals surface area (Å²) in [5.41, 5.74) is 6.52. The van der Waals surface area contributed by atoms with E-state index in [1.165, 1.54) is 38.5 Å². The minimum Gasteiger partial charge on any atom is -0.325 e. The molecule has 1 atom stereocenters. The van der Waals surface area contributed by atoms with Crippen molar-refractivity contribution in [3.63, 3.8) is 0 Å². The van der Waals surface area contributed by atoms with E-state index in [9.17, 15) is 0 Å². The van der Waals surface area contributed by atoms with Crippen molar-refractivity contribution in [1.29, 1.82) is 0 Å². The van der Waals surface area contributed by atoms with Gasteiger partial charge in [-0.2, -0.15) is 0 Å². The van der Waals surface area contributed by atoms with Crippen LogP contribution in [0.4, 0.5) is 0 Å². The normalized spacial score (nSPS) is 22.6. The highest BCUT2D eigenvalue weighted by Gasteiger charge is 2.26. The van der Waals surface area contributed by atoms with E-state index in [1.54, 1.807) is 0 Å². The van der Waals surface area contributed by atoms with Crippen LogP contribution in [0.5, 0.6) is 0 Å². The summed E-state index contributed by atoms with van der Waals surface area (Å²) in [4.78, 5) is 0. The second-order valence-corrected chi connectivity index (χ2v) is 5.39. The molecule has 1 saturated carbocycles. The summed E-state index contributed by atoms with van der Waals surface area (Å²) in [6.45, 7) is 6.79. The van der Waals surface area contributed by atoms with Crippen molar-refractivity contribution in [2.24, 2.45) is 11.7 Å². The maximum absolute atomic E-state index is 6.37. The van der Waals surface area contributed by atoms with Crippen molar-refractivity contribution in [2.45, 2.75) is 64.3 Å². The van der Waals surface area contributed by atoms with E-state index in [1.807, 2.05) is 0 Å². The van der Waals surface area contributed by atoms with Gasteiger partial charge in [-0.15, -0.1) is 0 Å². The number of rotatable bonds is 6. The van der Waals surface area contributed by atoms with Gasteiger partial charge in [-0.3, -0.25) is 0 Å². The fraction of sp³-hybridized carbons (Fsp3) is 1.00. The van der Waals surface area contributed by atoms with Crippen molar-refractivity contribution in [3.05, 3.63) is 0 Å². The summed E-state index contributed by atoms with van der Waals surface area (Å²) in [5.74, 6) is 0.796. The minimum atomic E-state index is 0.153. The first-order chi connectivity index (χ1) is 7.16. The fourth-order valence-corrected chi connectivity index (χ4v) is 2.34. The van der Waals surface area contributed by atoms with E-state index in [0.717, 1.165) is 25.4 Å². The summed E-state index contributed by atoms with van der Waals surface area (Å²) in [6, 6.07) is 0. The Labute approximate surface area is 95.0 Å².